The first-order valence-corrected chi connectivity index (χ1v) is 9.31. The van der Waals surface area contributed by atoms with Crippen LogP contribution in [0.15, 0.2) is 97.3 Å². The molecule has 144 valence electrons. The molecule has 0 spiro atoms. The average molecular weight is 384 g/mol. The molecule has 1 aromatic heterocycles. The summed E-state index contributed by atoms with van der Waals surface area (Å²) in [5.74, 6) is 0.950. The van der Waals surface area contributed by atoms with Crippen molar-refractivity contribution in [1.82, 2.24) is 20.3 Å². The number of carbonyl (C=O) groups excluding carboxylic acids is 1. The molecule has 6 nitrogen and oxygen atoms in total. The molecule has 6 heteroatoms. The summed E-state index contributed by atoms with van der Waals surface area (Å²) in [5, 5.41) is 11.4. The lowest BCUT2D eigenvalue weighted by Gasteiger charge is -2.20. The first-order valence-electron chi connectivity index (χ1n) is 9.31. The van der Waals surface area contributed by atoms with Gasteiger partial charge >= 0.3 is 0 Å². The molecule has 0 aliphatic carbocycles. The fraction of sp³-hybridized carbons (Fsp3) is 0.0870. The van der Waals surface area contributed by atoms with Crippen LogP contribution in [0.3, 0.4) is 0 Å². The predicted octanol–water partition coefficient (Wildman–Crippen LogP) is 4.24. The van der Waals surface area contributed by atoms with Crippen molar-refractivity contribution in [1.29, 1.82) is 0 Å². The number of para-hydroxylation sites is 2. The zero-order valence-electron chi connectivity index (χ0n) is 15.7. The zero-order chi connectivity index (χ0) is 19.9. The smallest absolute Gasteiger partial charge is 0.255 e. The minimum atomic E-state index is -0.291. The van der Waals surface area contributed by atoms with Crippen molar-refractivity contribution in [2.24, 2.45) is 0 Å². The van der Waals surface area contributed by atoms with E-state index in [0.29, 0.717) is 23.6 Å². The maximum Gasteiger partial charge on any atom is 0.255 e. The highest BCUT2D eigenvalue weighted by atomic mass is 16.5. The Labute approximate surface area is 168 Å². The van der Waals surface area contributed by atoms with Gasteiger partial charge in [0.1, 0.15) is 11.5 Å². The quantitative estimate of drug-likeness (QED) is 0.517. The minimum Gasteiger partial charge on any atom is -0.457 e. The first kappa shape index (κ1) is 18.4. The molecule has 0 fully saturated rings. The molecule has 0 saturated heterocycles. The number of nitrogens with zero attached hydrogens (tertiary/aromatic N) is 3. The number of aromatic nitrogens is 3. The van der Waals surface area contributed by atoms with Crippen LogP contribution >= 0.6 is 0 Å². The number of ether oxygens (including phenoxy) is 1. The predicted molar refractivity (Wildman–Crippen MR) is 110 cm³/mol. The monoisotopic (exact) mass is 384 g/mol. The summed E-state index contributed by atoms with van der Waals surface area (Å²) in [6.07, 6.45) is 3.24. The summed E-state index contributed by atoms with van der Waals surface area (Å²) < 4.78 is 5.93. The molecule has 1 N–H and O–H groups in total. The van der Waals surface area contributed by atoms with E-state index in [1.54, 1.807) is 29.3 Å². The molecule has 1 atom stereocenters. The number of rotatable bonds is 7. The summed E-state index contributed by atoms with van der Waals surface area (Å²) >= 11 is 0. The topological polar surface area (TPSA) is 69.0 Å². The van der Waals surface area contributed by atoms with E-state index in [2.05, 4.69) is 15.5 Å². The molecule has 0 aliphatic rings. The van der Waals surface area contributed by atoms with E-state index in [1.165, 1.54) is 0 Å². The second-order valence-corrected chi connectivity index (χ2v) is 6.43. The highest BCUT2D eigenvalue weighted by molar-refractivity contribution is 5.97. The third-order valence-corrected chi connectivity index (χ3v) is 4.42. The zero-order valence-corrected chi connectivity index (χ0v) is 15.7. The lowest BCUT2D eigenvalue weighted by Crippen LogP contribution is -2.32. The maximum absolute atomic E-state index is 13.1. The van der Waals surface area contributed by atoms with E-state index in [-0.39, 0.29) is 11.9 Å². The number of nitrogens with one attached hydrogen (secondary N) is 1. The summed E-state index contributed by atoms with van der Waals surface area (Å²) in [6, 6.07) is 26.1. The Kier molecular flexibility index (Phi) is 5.62. The number of benzene rings is 3. The molecule has 0 saturated carbocycles. The normalized spacial score (nSPS) is 11.6. The third-order valence-electron chi connectivity index (χ3n) is 4.42. The Balaban J connectivity index is 1.58. The van der Waals surface area contributed by atoms with Gasteiger partial charge in [0, 0.05) is 0 Å². The second-order valence-electron chi connectivity index (χ2n) is 6.43. The molecule has 4 aromatic rings. The highest BCUT2D eigenvalue weighted by Gasteiger charge is 2.20. The van der Waals surface area contributed by atoms with Crippen LogP contribution < -0.4 is 10.1 Å². The number of hydrogen-bond donors (Lipinski definition) is 1. The molecular formula is C23H20N4O2. The molecule has 0 radical (unpaired) electrons. The van der Waals surface area contributed by atoms with Gasteiger partial charge in [-0.05, 0) is 29.8 Å². The van der Waals surface area contributed by atoms with Gasteiger partial charge in [-0.15, -0.1) is 0 Å². The van der Waals surface area contributed by atoms with E-state index in [9.17, 15) is 4.79 Å². The molecule has 4 rings (SSSR count). The average Bonchev–Trinajstić information content (AvgIpc) is 3.28. The highest BCUT2D eigenvalue weighted by Crippen LogP contribution is 2.26. The van der Waals surface area contributed by atoms with Crippen molar-refractivity contribution >= 4 is 5.91 Å². The van der Waals surface area contributed by atoms with Gasteiger partial charge in [0.2, 0.25) is 0 Å². The van der Waals surface area contributed by atoms with Crippen LogP contribution in [0.2, 0.25) is 0 Å². The van der Waals surface area contributed by atoms with E-state index in [0.717, 1.165) is 5.56 Å². The molecule has 0 aliphatic heterocycles. The Morgan fingerprint density at radius 3 is 2.21 bits per heavy atom. The molecule has 3 aromatic carbocycles. The van der Waals surface area contributed by atoms with E-state index in [1.807, 2.05) is 72.8 Å². The van der Waals surface area contributed by atoms with Gasteiger partial charge in [-0.2, -0.15) is 15.0 Å². The summed E-state index contributed by atoms with van der Waals surface area (Å²) in [5.41, 5.74) is 1.44. The van der Waals surface area contributed by atoms with Gasteiger partial charge in [0.05, 0.1) is 30.5 Å². The lowest BCUT2D eigenvalue weighted by molar-refractivity contribution is 0.0928. The molecule has 1 heterocycles. The SMILES string of the molecule is O=C(NC(Cn1nccn1)c1ccccc1)c1ccccc1Oc1ccccc1. The number of hydrogen-bond acceptors (Lipinski definition) is 4. The second kappa shape index (κ2) is 8.84. The maximum atomic E-state index is 13.1. The number of amides is 1. The summed E-state index contributed by atoms with van der Waals surface area (Å²) in [4.78, 5) is 14.7. The largest absolute Gasteiger partial charge is 0.457 e. The van der Waals surface area contributed by atoms with Crippen LogP contribution in [0.1, 0.15) is 22.0 Å². The van der Waals surface area contributed by atoms with Crippen LogP contribution in [0, 0.1) is 0 Å². The van der Waals surface area contributed by atoms with Gasteiger partial charge < -0.3 is 10.1 Å². The molecule has 1 unspecified atom stereocenters. The third kappa shape index (κ3) is 4.68. The van der Waals surface area contributed by atoms with Gasteiger partial charge in [-0.1, -0.05) is 60.7 Å². The first-order chi connectivity index (χ1) is 14.3. The van der Waals surface area contributed by atoms with Gasteiger partial charge in [0.15, 0.2) is 0 Å². The molecule has 29 heavy (non-hydrogen) atoms. The van der Waals surface area contributed by atoms with E-state index >= 15 is 0 Å². The molecule has 1 amide bonds. The van der Waals surface area contributed by atoms with Crippen molar-refractivity contribution in [3.8, 4) is 11.5 Å². The Morgan fingerprint density at radius 2 is 1.48 bits per heavy atom. The fourth-order valence-electron chi connectivity index (χ4n) is 3.02. The van der Waals surface area contributed by atoms with E-state index < -0.39 is 0 Å². The van der Waals surface area contributed by atoms with Crippen molar-refractivity contribution < 1.29 is 9.53 Å². The van der Waals surface area contributed by atoms with Gasteiger partial charge in [0.25, 0.3) is 5.91 Å². The Morgan fingerprint density at radius 1 is 0.862 bits per heavy atom. The number of carbonyl (C=O) groups is 1. The van der Waals surface area contributed by atoms with Crippen molar-refractivity contribution in [2.45, 2.75) is 12.6 Å². The lowest BCUT2D eigenvalue weighted by atomic mass is 10.1. The van der Waals surface area contributed by atoms with Crippen LogP contribution in [0.5, 0.6) is 11.5 Å². The van der Waals surface area contributed by atoms with Gasteiger partial charge in [-0.25, -0.2) is 0 Å². The van der Waals surface area contributed by atoms with Crippen LogP contribution in [-0.4, -0.2) is 20.9 Å². The van der Waals surface area contributed by atoms with Crippen LogP contribution in [0.4, 0.5) is 0 Å². The fourth-order valence-corrected chi connectivity index (χ4v) is 3.02. The molecular weight excluding hydrogens is 364 g/mol. The summed E-state index contributed by atoms with van der Waals surface area (Å²) in [7, 11) is 0. The minimum absolute atomic E-state index is 0.224. The van der Waals surface area contributed by atoms with Crippen molar-refractivity contribution in [3.05, 3.63) is 108 Å². The van der Waals surface area contributed by atoms with E-state index in [4.69, 9.17) is 4.74 Å². The van der Waals surface area contributed by atoms with Crippen molar-refractivity contribution in [3.63, 3.8) is 0 Å². The Bertz CT molecular complexity index is 1050. The van der Waals surface area contributed by atoms with Crippen molar-refractivity contribution in [2.75, 3.05) is 0 Å². The standard InChI is InChI=1S/C23H20N4O2/c28-23(20-13-7-8-14-22(20)29-19-11-5-2-6-12-19)26-21(17-27-24-15-16-25-27)18-9-3-1-4-10-18/h1-16,21H,17H2,(H,26,28). The van der Waals surface area contributed by atoms with Gasteiger partial charge in [-0.3, -0.25) is 4.79 Å². The van der Waals surface area contributed by atoms with Crippen LogP contribution in [0.25, 0.3) is 0 Å². The summed E-state index contributed by atoms with van der Waals surface area (Å²) in [6.45, 7) is 0.421. The van der Waals surface area contributed by atoms with Crippen LogP contribution in [-0.2, 0) is 6.54 Å². The molecule has 0 bridgehead atoms. The Hall–Kier alpha value is -3.93.